The molecule has 0 bridgehead atoms. The van der Waals surface area contributed by atoms with Crippen LogP contribution in [0.1, 0.15) is 79.3 Å². The molecule has 2 heterocycles. The zero-order valence-electron chi connectivity index (χ0n) is 30.7. The van der Waals surface area contributed by atoms with Gasteiger partial charge < -0.3 is 14.2 Å². The second-order valence-electron chi connectivity index (χ2n) is 14.0. The maximum atomic E-state index is 6.54. The maximum absolute atomic E-state index is 6.54. The van der Waals surface area contributed by atoms with Crippen molar-refractivity contribution in [2.24, 2.45) is 0 Å². The first-order chi connectivity index (χ1) is 26.1. The minimum atomic E-state index is 0.115. The summed E-state index contributed by atoms with van der Waals surface area (Å²) in [5, 5.41) is 1.20. The van der Waals surface area contributed by atoms with Gasteiger partial charge in [-0.25, -0.2) is 0 Å². The molecule has 53 heavy (non-hydrogen) atoms. The summed E-state index contributed by atoms with van der Waals surface area (Å²) in [6.07, 6.45) is 25.5. The van der Waals surface area contributed by atoms with Crippen molar-refractivity contribution in [1.29, 1.82) is 0 Å². The van der Waals surface area contributed by atoms with Gasteiger partial charge in [0.15, 0.2) is 0 Å². The molecule has 0 amide bonds. The van der Waals surface area contributed by atoms with Crippen LogP contribution >= 0.6 is 0 Å². The second-order valence-corrected chi connectivity index (χ2v) is 14.0. The van der Waals surface area contributed by atoms with Gasteiger partial charge in [0, 0.05) is 51.6 Å². The topological polar surface area (TPSA) is 17.4 Å². The van der Waals surface area contributed by atoms with Crippen molar-refractivity contribution >= 4 is 34.3 Å². The summed E-state index contributed by atoms with van der Waals surface area (Å²) >= 11 is 0. The van der Waals surface area contributed by atoms with E-state index >= 15 is 0 Å². The van der Waals surface area contributed by atoms with Crippen LogP contribution in [0.25, 0.3) is 34.3 Å². The number of rotatable bonds is 11. The molecule has 0 saturated carbocycles. The number of para-hydroxylation sites is 1. The fourth-order valence-electron chi connectivity index (χ4n) is 8.30. The lowest BCUT2D eigenvalue weighted by Crippen LogP contribution is -2.25. The Kier molecular flexibility index (Phi) is 9.57. The van der Waals surface area contributed by atoms with E-state index in [4.69, 9.17) is 4.74 Å². The van der Waals surface area contributed by atoms with Crippen LogP contribution in [0.3, 0.4) is 0 Å². The van der Waals surface area contributed by atoms with Gasteiger partial charge in [0.25, 0.3) is 0 Å². The number of benzene rings is 4. The van der Waals surface area contributed by atoms with Crippen molar-refractivity contribution in [3.63, 3.8) is 0 Å². The molecule has 8 rings (SSSR count). The molecule has 2 aliphatic carbocycles. The summed E-state index contributed by atoms with van der Waals surface area (Å²) in [5.41, 5.74) is 13.5. The summed E-state index contributed by atoms with van der Waals surface area (Å²) in [7, 11) is 0. The average Bonchev–Trinajstić information content (AvgIpc) is 3.73. The first-order valence-corrected chi connectivity index (χ1v) is 18.8. The van der Waals surface area contributed by atoms with Crippen molar-refractivity contribution in [2.45, 2.75) is 51.4 Å². The van der Waals surface area contributed by atoms with Gasteiger partial charge in [-0.05, 0) is 111 Å². The van der Waals surface area contributed by atoms with Gasteiger partial charge in [-0.15, -0.1) is 6.58 Å². The molecule has 0 saturated heterocycles. The van der Waals surface area contributed by atoms with Crippen LogP contribution in [-0.4, -0.2) is 4.57 Å². The minimum absolute atomic E-state index is 0.115. The molecule has 3 heteroatoms. The van der Waals surface area contributed by atoms with Crippen molar-refractivity contribution in [2.75, 3.05) is 4.90 Å². The Morgan fingerprint density at radius 1 is 0.830 bits per heavy atom. The Hall–Kier alpha value is -6.06. The fraction of sp³-hybridized carbons (Fsp3) is 0.160. The largest absolute Gasteiger partial charge is 0.461 e. The van der Waals surface area contributed by atoms with Crippen molar-refractivity contribution in [3.05, 3.63) is 204 Å². The molecule has 1 aromatic heterocycles. The molecule has 0 fully saturated rings. The van der Waals surface area contributed by atoms with Gasteiger partial charge in [-0.3, -0.25) is 0 Å². The molecule has 0 N–H and O–H groups in total. The monoisotopic (exact) mass is 690 g/mol. The minimum Gasteiger partial charge on any atom is -0.461 e. The zero-order chi connectivity index (χ0) is 36.3. The van der Waals surface area contributed by atoms with Gasteiger partial charge in [-0.2, -0.15) is 0 Å². The Morgan fingerprint density at radius 3 is 2.36 bits per heavy atom. The lowest BCUT2D eigenvalue weighted by atomic mass is 9.88. The number of hydrogen-bond donors (Lipinski definition) is 0. The highest BCUT2D eigenvalue weighted by molar-refractivity contribution is 5.95. The maximum Gasteiger partial charge on any atom is 0.131 e. The van der Waals surface area contributed by atoms with Crippen molar-refractivity contribution in [3.8, 4) is 11.4 Å². The Bertz CT molecular complexity index is 2380. The number of ether oxygens (including phenoxy) is 1. The molecule has 0 spiro atoms. The van der Waals surface area contributed by atoms with Gasteiger partial charge in [-0.1, -0.05) is 104 Å². The molecule has 3 aliphatic rings. The van der Waals surface area contributed by atoms with Gasteiger partial charge in [0.2, 0.25) is 0 Å². The van der Waals surface area contributed by atoms with Crippen LogP contribution < -0.4 is 9.64 Å². The Balaban J connectivity index is 1.18. The number of allylic oxidation sites excluding steroid dienone is 12. The van der Waals surface area contributed by atoms with Crippen molar-refractivity contribution < 1.29 is 4.74 Å². The molecule has 4 aromatic carbocycles. The molecule has 2 atom stereocenters. The second kappa shape index (κ2) is 14.9. The standard InChI is InChI=1S/C50H46N2O/c1-5-14-35(15-6-2)37-21-25-39(26-22-37)51(40-27-23-38(24-28-40)36-17-10-9-11-18-36)41-29-31-49-45(33-41)46-34-42(30-32-50(46)53-49)52-47(16-7-3)43(8-4)44-19-12-13-20-48(44)52/h5-13,15-23,25-27,29-32,34-35,45H,1,4,14,24,28,33H2,2-3H3/b15-6-,16-7-. The van der Waals surface area contributed by atoms with Gasteiger partial charge in [0.05, 0.1) is 17.1 Å². The van der Waals surface area contributed by atoms with Crippen LogP contribution in [0.2, 0.25) is 0 Å². The number of nitrogens with zero attached hydrogens (tertiary/aromatic N) is 2. The predicted molar refractivity (Wildman–Crippen MR) is 225 cm³/mol. The van der Waals surface area contributed by atoms with E-state index in [9.17, 15) is 0 Å². The van der Waals surface area contributed by atoms with Gasteiger partial charge in [0.1, 0.15) is 11.5 Å². The van der Waals surface area contributed by atoms with E-state index in [0.717, 1.165) is 54.1 Å². The number of hydrogen-bond acceptors (Lipinski definition) is 2. The molecular formula is C50H46N2O. The zero-order valence-corrected chi connectivity index (χ0v) is 30.7. The number of aromatic nitrogens is 1. The van der Waals surface area contributed by atoms with E-state index in [2.05, 4.69) is 182 Å². The smallest absolute Gasteiger partial charge is 0.131 e. The molecule has 3 nitrogen and oxygen atoms in total. The summed E-state index contributed by atoms with van der Waals surface area (Å²) in [6.45, 7) is 12.4. The van der Waals surface area contributed by atoms with E-state index in [1.165, 1.54) is 50.2 Å². The molecule has 2 unspecified atom stereocenters. The van der Waals surface area contributed by atoms with Crippen LogP contribution in [-0.2, 0) is 0 Å². The van der Waals surface area contributed by atoms with Crippen LogP contribution in [0.5, 0.6) is 5.75 Å². The molecule has 262 valence electrons. The Labute approximate surface area is 314 Å². The summed E-state index contributed by atoms with van der Waals surface area (Å²) in [4.78, 5) is 2.50. The highest BCUT2D eigenvalue weighted by Gasteiger charge is 2.35. The highest BCUT2D eigenvalue weighted by atomic mass is 16.5. The summed E-state index contributed by atoms with van der Waals surface area (Å²) < 4.78 is 8.90. The van der Waals surface area contributed by atoms with Crippen LogP contribution in [0, 0.1) is 0 Å². The SMILES string of the molecule is C=CCC(/C=C\C)c1ccc(N(C2=CC=C(c3ccccc3)CC2)C2=CC=C3Oc4ccc(-n5c(/C=C\C)c(C=C)c6ccccc65)cc4C3C2)cc1. The van der Waals surface area contributed by atoms with E-state index in [1.807, 2.05) is 12.2 Å². The van der Waals surface area contributed by atoms with E-state index in [1.54, 1.807) is 0 Å². The molecular weight excluding hydrogens is 645 g/mol. The van der Waals surface area contributed by atoms with E-state index in [-0.39, 0.29) is 5.92 Å². The highest BCUT2D eigenvalue weighted by Crippen LogP contribution is 2.49. The first kappa shape index (κ1) is 34.0. The van der Waals surface area contributed by atoms with Gasteiger partial charge >= 0.3 is 0 Å². The molecule has 0 radical (unpaired) electrons. The van der Waals surface area contributed by atoms with E-state index < -0.39 is 0 Å². The lowest BCUT2D eigenvalue weighted by Gasteiger charge is -2.34. The Morgan fingerprint density at radius 2 is 1.62 bits per heavy atom. The van der Waals surface area contributed by atoms with Crippen LogP contribution in [0.15, 0.2) is 176 Å². The molecule has 5 aromatic rings. The average molecular weight is 691 g/mol. The van der Waals surface area contributed by atoms with Crippen molar-refractivity contribution in [1.82, 2.24) is 4.57 Å². The number of anilines is 1. The number of fused-ring (bicyclic) bond motifs is 4. The van der Waals surface area contributed by atoms with Crippen LogP contribution in [0.4, 0.5) is 5.69 Å². The third-order valence-corrected chi connectivity index (χ3v) is 10.8. The summed E-state index contributed by atoms with van der Waals surface area (Å²) in [6, 6.07) is 35.2. The third kappa shape index (κ3) is 6.38. The predicted octanol–water partition coefficient (Wildman–Crippen LogP) is 13.5. The van der Waals surface area contributed by atoms with E-state index in [0.29, 0.717) is 5.92 Å². The first-order valence-electron chi connectivity index (χ1n) is 18.8. The quantitative estimate of drug-likeness (QED) is 0.128. The summed E-state index contributed by atoms with van der Waals surface area (Å²) in [5.74, 6) is 2.38. The third-order valence-electron chi connectivity index (χ3n) is 10.8. The lowest BCUT2D eigenvalue weighted by molar-refractivity contribution is 0.422. The normalized spacial score (nSPS) is 17.1. The molecule has 1 aliphatic heterocycles. The fourth-order valence-corrected chi connectivity index (χ4v) is 8.30.